The van der Waals surface area contributed by atoms with E-state index in [1.165, 1.54) is 29.2 Å². The summed E-state index contributed by atoms with van der Waals surface area (Å²) in [6, 6.07) is 4.35. The van der Waals surface area contributed by atoms with Gasteiger partial charge in [0, 0.05) is 23.6 Å². The van der Waals surface area contributed by atoms with Gasteiger partial charge in [-0.1, -0.05) is 48.8 Å². The van der Waals surface area contributed by atoms with Crippen LogP contribution in [0, 0.1) is 5.92 Å². The van der Waals surface area contributed by atoms with E-state index in [0.29, 0.717) is 33.1 Å². The van der Waals surface area contributed by atoms with Gasteiger partial charge < -0.3 is 15.2 Å². The monoisotopic (exact) mass is 512 g/mol. The molecular formula is C20H22Cl2N6O2S2. The van der Waals surface area contributed by atoms with Gasteiger partial charge in [-0.25, -0.2) is 4.98 Å². The van der Waals surface area contributed by atoms with E-state index in [1.807, 2.05) is 7.05 Å². The molecule has 0 bridgehead atoms. The lowest BCUT2D eigenvalue weighted by Gasteiger charge is -2.20. The van der Waals surface area contributed by atoms with Crippen molar-refractivity contribution in [1.29, 1.82) is 0 Å². The SMILES string of the molecule is CC(C)C[C@H](NC(=O)c1ccc(Cl)cc1Cl)c1nnc(SCC(=O)Nc2nccs2)n1C. The lowest BCUT2D eigenvalue weighted by Crippen LogP contribution is -2.31. The number of aromatic nitrogens is 4. The average molecular weight is 513 g/mol. The fourth-order valence-corrected chi connectivity index (χ4v) is 4.69. The van der Waals surface area contributed by atoms with Crippen LogP contribution >= 0.6 is 46.3 Å². The maximum absolute atomic E-state index is 12.9. The van der Waals surface area contributed by atoms with Crippen LogP contribution in [0.2, 0.25) is 10.0 Å². The van der Waals surface area contributed by atoms with Crippen LogP contribution in [-0.4, -0.2) is 37.3 Å². The van der Waals surface area contributed by atoms with Crippen LogP contribution in [0.5, 0.6) is 0 Å². The highest BCUT2D eigenvalue weighted by Gasteiger charge is 2.24. The second kappa shape index (κ2) is 11.1. The van der Waals surface area contributed by atoms with Gasteiger partial charge in [0.1, 0.15) is 0 Å². The van der Waals surface area contributed by atoms with E-state index in [9.17, 15) is 9.59 Å². The summed E-state index contributed by atoms with van der Waals surface area (Å²) >= 11 is 14.7. The quantitative estimate of drug-likeness (QED) is 0.398. The second-order valence-electron chi connectivity index (χ2n) is 7.35. The number of nitrogens with zero attached hydrogens (tertiary/aromatic N) is 4. The number of halogens is 2. The van der Waals surface area contributed by atoms with Crippen LogP contribution in [-0.2, 0) is 11.8 Å². The van der Waals surface area contributed by atoms with E-state index in [1.54, 1.807) is 28.3 Å². The minimum Gasteiger partial charge on any atom is -0.342 e. The van der Waals surface area contributed by atoms with Crippen LogP contribution in [0.25, 0.3) is 0 Å². The number of thiazole rings is 1. The number of rotatable bonds is 9. The molecule has 0 aliphatic heterocycles. The van der Waals surface area contributed by atoms with Crippen LogP contribution < -0.4 is 10.6 Å². The number of thioether (sulfide) groups is 1. The van der Waals surface area contributed by atoms with E-state index >= 15 is 0 Å². The van der Waals surface area contributed by atoms with Crippen LogP contribution in [0.4, 0.5) is 5.13 Å². The van der Waals surface area contributed by atoms with Gasteiger partial charge in [-0.05, 0) is 30.5 Å². The van der Waals surface area contributed by atoms with Crippen molar-refractivity contribution >= 4 is 63.2 Å². The predicted octanol–water partition coefficient (Wildman–Crippen LogP) is 4.83. The summed E-state index contributed by atoms with van der Waals surface area (Å²) in [5.74, 6) is 0.543. The highest BCUT2D eigenvalue weighted by atomic mass is 35.5. The molecule has 2 heterocycles. The summed E-state index contributed by atoms with van der Waals surface area (Å²) < 4.78 is 1.79. The summed E-state index contributed by atoms with van der Waals surface area (Å²) in [7, 11) is 1.81. The van der Waals surface area contributed by atoms with Gasteiger partial charge in [-0.15, -0.1) is 21.5 Å². The smallest absolute Gasteiger partial charge is 0.253 e. The first-order valence-corrected chi connectivity index (χ1v) is 12.3. The molecule has 8 nitrogen and oxygen atoms in total. The first kappa shape index (κ1) is 24.5. The molecule has 3 rings (SSSR count). The molecule has 32 heavy (non-hydrogen) atoms. The van der Waals surface area contributed by atoms with Crippen molar-refractivity contribution in [3.05, 3.63) is 51.2 Å². The largest absolute Gasteiger partial charge is 0.342 e. The predicted molar refractivity (Wildman–Crippen MR) is 129 cm³/mol. The molecule has 0 spiro atoms. The molecule has 0 radical (unpaired) electrons. The maximum atomic E-state index is 12.9. The average Bonchev–Trinajstić information content (AvgIpc) is 3.35. The molecule has 12 heteroatoms. The van der Waals surface area contributed by atoms with Gasteiger partial charge in [0.25, 0.3) is 5.91 Å². The third-order valence-corrected chi connectivity index (χ3v) is 6.64. The van der Waals surface area contributed by atoms with Gasteiger partial charge in [0.2, 0.25) is 5.91 Å². The van der Waals surface area contributed by atoms with Crippen molar-refractivity contribution in [3.8, 4) is 0 Å². The molecule has 2 amide bonds. The van der Waals surface area contributed by atoms with E-state index < -0.39 is 0 Å². The molecule has 1 atom stereocenters. The molecule has 1 aromatic carbocycles. The molecule has 0 saturated carbocycles. The number of anilines is 1. The Hall–Kier alpha value is -2.14. The van der Waals surface area contributed by atoms with Crippen LogP contribution in [0.15, 0.2) is 34.9 Å². The molecule has 3 aromatic rings. The van der Waals surface area contributed by atoms with Gasteiger partial charge in [-0.2, -0.15) is 0 Å². The Labute approximate surface area is 204 Å². The number of hydrogen-bond acceptors (Lipinski definition) is 7. The van der Waals surface area contributed by atoms with Crippen LogP contribution in [0.1, 0.15) is 42.5 Å². The fourth-order valence-electron chi connectivity index (χ4n) is 2.94. The molecule has 170 valence electrons. The van der Waals surface area contributed by atoms with E-state index in [-0.39, 0.29) is 34.5 Å². The standard InChI is InChI=1S/C20H22Cl2N6O2S2/c1-11(2)8-15(24-18(30)13-5-4-12(21)9-14(13)22)17-26-27-20(28(17)3)32-10-16(29)25-19-23-6-7-31-19/h4-7,9,11,15H,8,10H2,1-3H3,(H,24,30)(H,23,25,29)/t15-/m0/s1. The number of hydrogen-bond donors (Lipinski definition) is 2. The fraction of sp³-hybridized carbons (Fsp3) is 0.350. The van der Waals surface area contributed by atoms with Crippen molar-refractivity contribution in [2.45, 2.75) is 31.5 Å². The number of nitrogens with one attached hydrogen (secondary N) is 2. The molecule has 0 fully saturated rings. The third kappa shape index (κ3) is 6.44. The first-order chi connectivity index (χ1) is 15.2. The summed E-state index contributed by atoms with van der Waals surface area (Å²) in [6.45, 7) is 4.12. The second-order valence-corrected chi connectivity index (χ2v) is 10.0. The summed E-state index contributed by atoms with van der Waals surface area (Å²) in [5, 5.41) is 17.9. The van der Waals surface area contributed by atoms with E-state index in [0.717, 1.165) is 0 Å². The van der Waals surface area contributed by atoms with Crippen molar-refractivity contribution < 1.29 is 9.59 Å². The Bertz CT molecular complexity index is 1090. The molecule has 2 aromatic heterocycles. The first-order valence-electron chi connectivity index (χ1n) is 9.72. The highest BCUT2D eigenvalue weighted by molar-refractivity contribution is 7.99. The van der Waals surface area contributed by atoms with Gasteiger partial charge in [0.05, 0.1) is 22.4 Å². The molecule has 2 N–H and O–H groups in total. The minimum atomic E-state index is -0.384. The molecule has 0 aliphatic carbocycles. The topological polar surface area (TPSA) is 102 Å². The number of carbonyl (C=O) groups is 2. The highest BCUT2D eigenvalue weighted by Crippen LogP contribution is 2.26. The zero-order valence-corrected chi connectivity index (χ0v) is 20.8. The Morgan fingerprint density at radius 1 is 1.25 bits per heavy atom. The normalized spacial score (nSPS) is 12.1. The zero-order valence-electron chi connectivity index (χ0n) is 17.6. The zero-order chi connectivity index (χ0) is 23.3. The van der Waals surface area contributed by atoms with Crippen molar-refractivity contribution in [3.63, 3.8) is 0 Å². The van der Waals surface area contributed by atoms with Gasteiger partial charge in [0.15, 0.2) is 16.1 Å². The summed E-state index contributed by atoms with van der Waals surface area (Å²) in [4.78, 5) is 29.0. The van der Waals surface area contributed by atoms with Crippen molar-refractivity contribution in [2.75, 3.05) is 11.1 Å². The summed E-state index contributed by atoms with van der Waals surface area (Å²) in [6.07, 6.45) is 2.28. The Balaban J connectivity index is 1.71. The van der Waals surface area contributed by atoms with Crippen molar-refractivity contribution in [1.82, 2.24) is 25.1 Å². The Kier molecular flexibility index (Phi) is 8.52. The molecule has 0 saturated heterocycles. The number of benzene rings is 1. The summed E-state index contributed by atoms with van der Waals surface area (Å²) in [5.41, 5.74) is 0.334. The van der Waals surface area contributed by atoms with Crippen LogP contribution in [0.3, 0.4) is 0 Å². The lowest BCUT2D eigenvalue weighted by atomic mass is 10.0. The third-order valence-electron chi connectivity index (χ3n) is 4.38. The minimum absolute atomic E-state index is 0.160. The van der Waals surface area contributed by atoms with Gasteiger partial charge in [-0.3, -0.25) is 9.59 Å². The molecule has 0 unspecified atom stereocenters. The van der Waals surface area contributed by atoms with Crippen molar-refractivity contribution in [2.24, 2.45) is 13.0 Å². The van der Waals surface area contributed by atoms with E-state index in [4.69, 9.17) is 23.2 Å². The number of amides is 2. The lowest BCUT2D eigenvalue weighted by molar-refractivity contribution is -0.113. The van der Waals surface area contributed by atoms with Gasteiger partial charge >= 0.3 is 0 Å². The maximum Gasteiger partial charge on any atom is 0.253 e. The molecular weight excluding hydrogens is 491 g/mol. The molecule has 0 aliphatic rings. The number of carbonyl (C=O) groups excluding carboxylic acids is 2. The Morgan fingerprint density at radius 2 is 2.03 bits per heavy atom. The Morgan fingerprint density at radius 3 is 2.69 bits per heavy atom. The van der Waals surface area contributed by atoms with E-state index in [2.05, 4.69) is 39.7 Å².